The molecule has 0 spiro atoms. The van der Waals surface area contributed by atoms with Gasteiger partial charge in [0, 0.05) is 11.1 Å². The van der Waals surface area contributed by atoms with Crippen LogP contribution in [0.15, 0.2) is 40.6 Å². The molecule has 6 nitrogen and oxygen atoms in total. The lowest BCUT2D eigenvalue weighted by Crippen LogP contribution is -2.12. The van der Waals surface area contributed by atoms with Crippen molar-refractivity contribution in [1.29, 1.82) is 0 Å². The molecule has 2 aromatic rings. The highest BCUT2D eigenvalue weighted by Gasteiger charge is 2.21. The van der Waals surface area contributed by atoms with E-state index in [2.05, 4.69) is 31.0 Å². The summed E-state index contributed by atoms with van der Waals surface area (Å²) in [7, 11) is 0. The molecule has 2 rings (SSSR count). The van der Waals surface area contributed by atoms with Crippen LogP contribution in [0.4, 0.5) is 17.1 Å². The molecule has 0 bridgehead atoms. The Balaban J connectivity index is 2.59. The number of nitro groups is 1. The number of nitro benzene ring substituents is 1. The Morgan fingerprint density at radius 3 is 2.37 bits per heavy atom. The van der Waals surface area contributed by atoms with Gasteiger partial charge in [0.1, 0.15) is 11.4 Å². The number of hydrogen-bond acceptors (Lipinski definition) is 5. The lowest BCUT2D eigenvalue weighted by Gasteiger charge is -2.23. The summed E-state index contributed by atoms with van der Waals surface area (Å²) in [5.41, 5.74) is 1.79. The molecule has 0 amide bonds. The molecule has 7 heteroatoms. The van der Waals surface area contributed by atoms with Gasteiger partial charge in [0.2, 0.25) is 0 Å². The van der Waals surface area contributed by atoms with Crippen molar-refractivity contribution in [3.8, 4) is 5.75 Å². The van der Waals surface area contributed by atoms with Gasteiger partial charge in [-0.25, -0.2) is 0 Å². The van der Waals surface area contributed by atoms with Crippen LogP contribution in [-0.2, 0) is 5.41 Å². The largest absolute Gasteiger partial charge is 0.505 e. The first-order valence-corrected chi connectivity index (χ1v) is 9.15. The molecule has 144 valence electrons. The van der Waals surface area contributed by atoms with Crippen LogP contribution in [0.5, 0.6) is 5.75 Å². The molecule has 27 heavy (non-hydrogen) atoms. The quantitative estimate of drug-likeness (QED) is 0.333. The van der Waals surface area contributed by atoms with E-state index >= 15 is 0 Å². The predicted molar refractivity (Wildman–Crippen MR) is 108 cm³/mol. The van der Waals surface area contributed by atoms with E-state index in [-0.39, 0.29) is 33.5 Å². The summed E-state index contributed by atoms with van der Waals surface area (Å²) in [6.45, 7) is 10.3. The summed E-state index contributed by atoms with van der Waals surface area (Å²) in [5.74, 6) is 0.198. The molecular formula is C20H24ClN3O3. The summed E-state index contributed by atoms with van der Waals surface area (Å²) < 4.78 is 0. The highest BCUT2D eigenvalue weighted by molar-refractivity contribution is 6.30. The summed E-state index contributed by atoms with van der Waals surface area (Å²) in [6, 6.07) is 7.94. The van der Waals surface area contributed by atoms with Crippen molar-refractivity contribution in [3.05, 3.63) is 56.6 Å². The third-order valence-corrected chi connectivity index (χ3v) is 4.76. The lowest BCUT2D eigenvalue weighted by atomic mass is 9.83. The number of azo groups is 1. The Hall–Kier alpha value is -2.47. The van der Waals surface area contributed by atoms with E-state index in [1.807, 2.05) is 19.9 Å². The second kappa shape index (κ2) is 8.05. The smallest absolute Gasteiger partial charge is 0.298 e. The maximum absolute atomic E-state index is 11.2. The van der Waals surface area contributed by atoms with Crippen molar-refractivity contribution >= 4 is 28.7 Å². The molecule has 0 aliphatic carbocycles. The average Bonchev–Trinajstić information content (AvgIpc) is 2.59. The first kappa shape index (κ1) is 20.8. The zero-order valence-electron chi connectivity index (χ0n) is 16.2. The highest BCUT2D eigenvalue weighted by Crippen LogP contribution is 2.41. The van der Waals surface area contributed by atoms with Crippen LogP contribution in [0.1, 0.15) is 58.1 Å². The summed E-state index contributed by atoms with van der Waals surface area (Å²) in [4.78, 5) is 10.7. The number of nitrogens with zero attached hydrogens (tertiary/aromatic N) is 3. The van der Waals surface area contributed by atoms with Gasteiger partial charge < -0.3 is 5.11 Å². The number of rotatable bonds is 5. The first-order chi connectivity index (χ1) is 12.5. The number of hydrogen-bond donors (Lipinski definition) is 1. The molecule has 1 atom stereocenters. The number of phenols is 1. The second-order valence-corrected chi connectivity index (χ2v) is 8.02. The minimum absolute atomic E-state index is 0.0534. The average molecular weight is 390 g/mol. The monoisotopic (exact) mass is 389 g/mol. The van der Waals surface area contributed by atoms with Gasteiger partial charge in [-0.15, -0.1) is 10.2 Å². The molecule has 0 saturated heterocycles. The molecule has 0 aromatic heterocycles. The van der Waals surface area contributed by atoms with Crippen molar-refractivity contribution in [2.24, 2.45) is 10.2 Å². The molecule has 0 heterocycles. The van der Waals surface area contributed by atoms with Gasteiger partial charge in [-0.3, -0.25) is 10.1 Å². The number of aromatic hydroxyl groups is 1. The van der Waals surface area contributed by atoms with Crippen molar-refractivity contribution in [2.75, 3.05) is 0 Å². The van der Waals surface area contributed by atoms with Crippen molar-refractivity contribution < 1.29 is 10.0 Å². The molecule has 0 aliphatic rings. The molecule has 1 N–H and O–H groups in total. The molecule has 0 saturated carbocycles. The van der Waals surface area contributed by atoms with Crippen LogP contribution in [0.25, 0.3) is 0 Å². The van der Waals surface area contributed by atoms with Crippen LogP contribution in [0, 0.1) is 10.1 Å². The molecular weight excluding hydrogens is 366 g/mol. The van der Waals surface area contributed by atoms with E-state index < -0.39 is 4.92 Å². The lowest BCUT2D eigenvalue weighted by molar-refractivity contribution is -0.384. The van der Waals surface area contributed by atoms with Gasteiger partial charge in [-0.05, 0) is 47.1 Å². The van der Waals surface area contributed by atoms with Gasteiger partial charge in [0.15, 0.2) is 5.69 Å². The number of phenolic OH excluding ortho intramolecular Hbond substituents is 1. The fourth-order valence-corrected chi connectivity index (χ4v) is 2.75. The Morgan fingerprint density at radius 1 is 1.19 bits per heavy atom. The summed E-state index contributed by atoms with van der Waals surface area (Å²) in [6.07, 6.45) is 0.862. The van der Waals surface area contributed by atoms with Crippen molar-refractivity contribution in [2.45, 2.75) is 52.4 Å². The van der Waals surface area contributed by atoms with Crippen LogP contribution < -0.4 is 0 Å². The number of halogens is 1. The highest BCUT2D eigenvalue weighted by atomic mass is 35.5. The van der Waals surface area contributed by atoms with Crippen molar-refractivity contribution in [3.63, 3.8) is 0 Å². The zero-order chi connectivity index (χ0) is 20.4. The zero-order valence-corrected chi connectivity index (χ0v) is 16.9. The van der Waals surface area contributed by atoms with Crippen LogP contribution in [0.2, 0.25) is 5.02 Å². The minimum atomic E-state index is -0.559. The van der Waals surface area contributed by atoms with E-state index in [0.29, 0.717) is 5.69 Å². The van der Waals surface area contributed by atoms with Crippen LogP contribution >= 0.6 is 11.6 Å². The SMILES string of the molecule is CCC(C)c1cc(C(C)(C)C)cc(/N=N/c2ccc(Cl)cc2[N+](=O)[O-])c1O. The normalized spacial score (nSPS) is 13.1. The van der Waals surface area contributed by atoms with Gasteiger partial charge in [0.05, 0.1) is 4.92 Å². The van der Waals surface area contributed by atoms with Gasteiger partial charge in [-0.2, -0.15) is 0 Å². The van der Waals surface area contributed by atoms with E-state index in [4.69, 9.17) is 11.6 Å². The molecule has 0 fully saturated rings. The fraction of sp³-hybridized carbons (Fsp3) is 0.400. The third kappa shape index (κ3) is 4.83. The summed E-state index contributed by atoms with van der Waals surface area (Å²) >= 11 is 5.83. The first-order valence-electron chi connectivity index (χ1n) is 8.77. The van der Waals surface area contributed by atoms with E-state index in [1.165, 1.54) is 18.2 Å². The van der Waals surface area contributed by atoms with Gasteiger partial charge in [-0.1, -0.05) is 52.3 Å². The molecule has 2 aromatic carbocycles. The predicted octanol–water partition coefficient (Wildman–Crippen LogP) is 7.18. The molecule has 0 radical (unpaired) electrons. The minimum Gasteiger partial charge on any atom is -0.505 e. The van der Waals surface area contributed by atoms with E-state index in [1.54, 1.807) is 6.07 Å². The van der Waals surface area contributed by atoms with Crippen LogP contribution in [0.3, 0.4) is 0 Å². The Bertz CT molecular complexity index is 889. The molecule has 0 aliphatic heterocycles. The third-order valence-electron chi connectivity index (χ3n) is 4.53. The van der Waals surface area contributed by atoms with Gasteiger partial charge in [0.25, 0.3) is 5.69 Å². The standard InChI is InChI=1S/C20H24ClN3O3/c1-6-12(2)15-9-13(20(3,4)5)10-17(19(15)25)23-22-16-8-7-14(21)11-18(16)24(26)27/h7-12,25H,6H2,1-5H3/b23-22+. The second-order valence-electron chi connectivity index (χ2n) is 7.58. The Morgan fingerprint density at radius 2 is 1.81 bits per heavy atom. The number of benzene rings is 2. The Kier molecular flexibility index (Phi) is 6.21. The maximum atomic E-state index is 11.2. The van der Waals surface area contributed by atoms with Crippen LogP contribution in [-0.4, -0.2) is 10.0 Å². The molecule has 1 unspecified atom stereocenters. The topological polar surface area (TPSA) is 88.1 Å². The Labute approximate surface area is 164 Å². The van der Waals surface area contributed by atoms with E-state index in [9.17, 15) is 15.2 Å². The fourth-order valence-electron chi connectivity index (χ4n) is 2.58. The van der Waals surface area contributed by atoms with Crippen molar-refractivity contribution in [1.82, 2.24) is 0 Å². The van der Waals surface area contributed by atoms with Gasteiger partial charge >= 0.3 is 0 Å². The van der Waals surface area contributed by atoms with E-state index in [0.717, 1.165) is 17.5 Å². The summed E-state index contributed by atoms with van der Waals surface area (Å²) in [5, 5.41) is 30.3. The maximum Gasteiger partial charge on any atom is 0.298 e.